The van der Waals surface area contributed by atoms with Gasteiger partial charge < -0.3 is 24.4 Å². The van der Waals surface area contributed by atoms with Gasteiger partial charge in [0, 0.05) is 19.8 Å². The van der Waals surface area contributed by atoms with Crippen LogP contribution in [0.2, 0.25) is 0 Å². The highest BCUT2D eigenvalue weighted by Crippen LogP contribution is 2.45. The SMILES string of the molecule is CC(=O)OC[C@@H]1O[C@H](COCc2ccccc2)[C@](O)(Cc2ccccc2)[C@@]1(O)Cc1ccccc1. The molecule has 0 spiro atoms. The van der Waals surface area contributed by atoms with E-state index in [1.54, 1.807) is 0 Å². The first-order chi connectivity index (χ1) is 16.9. The summed E-state index contributed by atoms with van der Waals surface area (Å²) in [5.41, 5.74) is -0.755. The van der Waals surface area contributed by atoms with Crippen LogP contribution in [0.15, 0.2) is 91.0 Å². The maximum atomic E-state index is 12.2. The van der Waals surface area contributed by atoms with Crippen molar-refractivity contribution in [1.29, 1.82) is 0 Å². The van der Waals surface area contributed by atoms with Gasteiger partial charge in [-0.1, -0.05) is 91.0 Å². The fourth-order valence-corrected chi connectivity index (χ4v) is 4.73. The summed E-state index contributed by atoms with van der Waals surface area (Å²) in [4.78, 5) is 11.6. The summed E-state index contributed by atoms with van der Waals surface area (Å²) >= 11 is 0. The van der Waals surface area contributed by atoms with Crippen molar-refractivity contribution >= 4 is 5.97 Å². The molecule has 2 N–H and O–H groups in total. The zero-order valence-electron chi connectivity index (χ0n) is 19.9. The quantitative estimate of drug-likeness (QED) is 0.436. The van der Waals surface area contributed by atoms with Crippen LogP contribution in [-0.4, -0.2) is 52.8 Å². The molecule has 0 bridgehead atoms. The second-order valence-electron chi connectivity index (χ2n) is 9.09. The topological polar surface area (TPSA) is 85.2 Å². The maximum absolute atomic E-state index is 12.2. The first-order valence-corrected chi connectivity index (χ1v) is 11.8. The van der Waals surface area contributed by atoms with E-state index in [0.29, 0.717) is 6.61 Å². The minimum absolute atomic E-state index is 0.0614. The molecule has 0 aliphatic carbocycles. The number of carbonyl (C=O) groups is 1. The number of benzene rings is 3. The number of esters is 1. The summed E-state index contributed by atoms with van der Waals surface area (Å²) in [5, 5.41) is 24.4. The van der Waals surface area contributed by atoms with Crippen LogP contribution in [0.25, 0.3) is 0 Å². The molecular weight excluding hydrogens is 444 g/mol. The number of carbonyl (C=O) groups excluding carboxylic acids is 1. The third-order valence-electron chi connectivity index (χ3n) is 6.60. The van der Waals surface area contributed by atoms with Gasteiger partial charge in [0.05, 0.1) is 13.2 Å². The minimum Gasteiger partial charge on any atom is -0.463 e. The molecule has 0 amide bonds. The standard InChI is InChI=1S/C29H32O6/c1-22(30)34-21-27-29(32,18-24-13-7-3-8-14-24)28(31,17-23-11-5-2-6-12-23)26(35-27)20-33-19-25-15-9-4-10-16-25/h2-16,26-27,31-32H,17-21H2,1H3/t26-,27+,28-,29-/m1/s1. The molecule has 1 fully saturated rings. The Morgan fingerprint density at radius 1 is 0.743 bits per heavy atom. The van der Waals surface area contributed by atoms with Crippen molar-refractivity contribution in [1.82, 2.24) is 0 Å². The van der Waals surface area contributed by atoms with Gasteiger partial charge in [-0.3, -0.25) is 4.79 Å². The van der Waals surface area contributed by atoms with E-state index in [0.717, 1.165) is 16.7 Å². The first kappa shape index (κ1) is 25.1. The molecule has 4 atom stereocenters. The van der Waals surface area contributed by atoms with Crippen LogP contribution in [0.1, 0.15) is 23.6 Å². The number of rotatable bonds is 10. The van der Waals surface area contributed by atoms with E-state index in [-0.39, 0.29) is 26.1 Å². The van der Waals surface area contributed by atoms with E-state index in [4.69, 9.17) is 14.2 Å². The lowest BCUT2D eigenvalue weighted by atomic mass is 9.71. The number of hydrogen-bond acceptors (Lipinski definition) is 6. The Kier molecular flexibility index (Phi) is 7.98. The molecule has 0 radical (unpaired) electrons. The third-order valence-corrected chi connectivity index (χ3v) is 6.60. The summed E-state index contributed by atoms with van der Waals surface area (Å²) < 4.78 is 17.4. The van der Waals surface area contributed by atoms with Gasteiger partial charge in [0.2, 0.25) is 0 Å². The molecule has 4 rings (SSSR count). The van der Waals surface area contributed by atoms with E-state index < -0.39 is 29.4 Å². The lowest BCUT2D eigenvalue weighted by Crippen LogP contribution is -2.63. The zero-order chi connectivity index (χ0) is 24.7. The Morgan fingerprint density at radius 3 is 1.63 bits per heavy atom. The second-order valence-corrected chi connectivity index (χ2v) is 9.09. The van der Waals surface area contributed by atoms with Gasteiger partial charge in [0.1, 0.15) is 30.0 Å². The predicted molar refractivity (Wildman–Crippen MR) is 132 cm³/mol. The molecular formula is C29H32O6. The van der Waals surface area contributed by atoms with Crippen LogP contribution in [0.5, 0.6) is 0 Å². The van der Waals surface area contributed by atoms with Crippen LogP contribution in [-0.2, 0) is 38.5 Å². The van der Waals surface area contributed by atoms with Gasteiger partial charge >= 0.3 is 5.97 Å². The smallest absolute Gasteiger partial charge is 0.302 e. The molecule has 1 aliphatic rings. The molecule has 6 heteroatoms. The maximum Gasteiger partial charge on any atom is 0.302 e. The Bertz CT molecular complexity index is 1070. The van der Waals surface area contributed by atoms with E-state index >= 15 is 0 Å². The summed E-state index contributed by atoms with van der Waals surface area (Å²) in [7, 11) is 0. The first-order valence-electron chi connectivity index (χ1n) is 11.8. The number of aliphatic hydroxyl groups is 2. The summed E-state index contributed by atoms with van der Waals surface area (Å²) in [5.74, 6) is -0.481. The van der Waals surface area contributed by atoms with E-state index in [2.05, 4.69) is 0 Å². The average molecular weight is 477 g/mol. The average Bonchev–Trinajstić information content (AvgIpc) is 3.05. The molecule has 184 valence electrons. The van der Waals surface area contributed by atoms with Gasteiger partial charge in [-0.05, 0) is 16.7 Å². The monoisotopic (exact) mass is 476 g/mol. The molecule has 6 nitrogen and oxygen atoms in total. The lowest BCUT2D eigenvalue weighted by molar-refractivity contribution is -0.160. The molecule has 1 heterocycles. The second kappa shape index (κ2) is 11.1. The molecule has 35 heavy (non-hydrogen) atoms. The highest BCUT2D eigenvalue weighted by atomic mass is 16.6. The van der Waals surface area contributed by atoms with Gasteiger partial charge in [-0.15, -0.1) is 0 Å². The van der Waals surface area contributed by atoms with Crippen molar-refractivity contribution in [3.8, 4) is 0 Å². The van der Waals surface area contributed by atoms with Crippen LogP contribution in [0, 0.1) is 0 Å². The van der Waals surface area contributed by atoms with Crippen molar-refractivity contribution in [2.75, 3.05) is 13.2 Å². The minimum atomic E-state index is -1.74. The Labute approximate surface area is 206 Å². The third kappa shape index (κ3) is 5.80. The van der Waals surface area contributed by atoms with E-state index in [1.165, 1.54) is 6.92 Å². The van der Waals surface area contributed by atoms with E-state index in [9.17, 15) is 15.0 Å². The molecule has 0 unspecified atom stereocenters. The Hall–Kier alpha value is -3.03. The molecule has 0 saturated carbocycles. The summed E-state index contributed by atoms with van der Waals surface area (Å²) in [6.45, 7) is 1.53. The van der Waals surface area contributed by atoms with Crippen LogP contribution < -0.4 is 0 Å². The van der Waals surface area contributed by atoms with E-state index in [1.807, 2.05) is 91.0 Å². The number of ether oxygens (including phenoxy) is 3. The van der Waals surface area contributed by atoms with Gasteiger partial charge in [0.15, 0.2) is 0 Å². The van der Waals surface area contributed by atoms with Gasteiger partial charge in [-0.2, -0.15) is 0 Å². The summed E-state index contributed by atoms with van der Waals surface area (Å²) in [6.07, 6.45) is -1.52. The number of hydrogen-bond donors (Lipinski definition) is 2. The van der Waals surface area contributed by atoms with Crippen LogP contribution in [0.3, 0.4) is 0 Å². The van der Waals surface area contributed by atoms with Crippen molar-refractivity contribution in [3.63, 3.8) is 0 Å². The normalized spacial score (nSPS) is 25.9. The van der Waals surface area contributed by atoms with Gasteiger partial charge in [-0.25, -0.2) is 0 Å². The molecule has 1 aliphatic heterocycles. The van der Waals surface area contributed by atoms with Crippen molar-refractivity contribution < 1.29 is 29.2 Å². The fourth-order valence-electron chi connectivity index (χ4n) is 4.73. The molecule has 1 saturated heterocycles. The van der Waals surface area contributed by atoms with Crippen molar-refractivity contribution in [2.24, 2.45) is 0 Å². The zero-order valence-corrected chi connectivity index (χ0v) is 19.9. The van der Waals surface area contributed by atoms with Crippen molar-refractivity contribution in [3.05, 3.63) is 108 Å². The lowest BCUT2D eigenvalue weighted by Gasteiger charge is -2.41. The molecule has 3 aromatic carbocycles. The molecule has 3 aromatic rings. The Morgan fingerprint density at radius 2 is 1.17 bits per heavy atom. The highest BCUT2D eigenvalue weighted by Gasteiger charge is 2.65. The van der Waals surface area contributed by atoms with Crippen molar-refractivity contribution in [2.45, 2.75) is 49.8 Å². The van der Waals surface area contributed by atoms with Crippen LogP contribution >= 0.6 is 0 Å². The fraction of sp³-hybridized carbons (Fsp3) is 0.345. The highest BCUT2D eigenvalue weighted by molar-refractivity contribution is 5.65. The summed E-state index contributed by atoms with van der Waals surface area (Å²) in [6, 6.07) is 28.7. The van der Waals surface area contributed by atoms with Gasteiger partial charge in [0.25, 0.3) is 0 Å². The predicted octanol–water partition coefficient (Wildman–Crippen LogP) is 3.48. The Balaban J connectivity index is 1.65. The molecule has 0 aromatic heterocycles. The van der Waals surface area contributed by atoms with Crippen LogP contribution in [0.4, 0.5) is 0 Å². The largest absolute Gasteiger partial charge is 0.463 e.